The molecule has 0 amide bonds. The van der Waals surface area contributed by atoms with E-state index in [4.69, 9.17) is 5.11 Å². The van der Waals surface area contributed by atoms with E-state index < -0.39 is 32.0 Å². The third-order valence-electron chi connectivity index (χ3n) is 1.96. The molecule has 5 nitrogen and oxygen atoms in total. The predicted molar refractivity (Wildman–Crippen MR) is 53.1 cm³/mol. The van der Waals surface area contributed by atoms with Crippen LogP contribution in [0.4, 0.5) is 8.78 Å². The number of sulfone groups is 1. The average Bonchev–Trinajstić information content (AvgIpc) is 2.27. The minimum Gasteiger partial charge on any atom is -0.496 e. The van der Waals surface area contributed by atoms with Crippen LogP contribution in [0.2, 0.25) is 0 Å². The van der Waals surface area contributed by atoms with Gasteiger partial charge in [-0.3, -0.25) is 0 Å². The van der Waals surface area contributed by atoms with Crippen LogP contribution in [-0.4, -0.2) is 32.4 Å². The SMILES string of the molecule is COc1cccc(S(=O)(=O)C(F)F)c1C(=O)O. The quantitative estimate of drug-likeness (QED) is 0.890. The molecule has 0 aliphatic heterocycles. The minimum atomic E-state index is -4.98. The topological polar surface area (TPSA) is 80.7 Å². The maximum absolute atomic E-state index is 12.4. The van der Waals surface area contributed by atoms with Crippen molar-refractivity contribution in [2.75, 3.05) is 7.11 Å². The molecule has 1 rings (SSSR count). The number of ether oxygens (including phenoxy) is 1. The van der Waals surface area contributed by atoms with Gasteiger partial charge in [0.15, 0.2) is 0 Å². The largest absolute Gasteiger partial charge is 0.496 e. The molecule has 1 aromatic carbocycles. The highest BCUT2D eigenvalue weighted by Crippen LogP contribution is 2.29. The number of halogens is 2. The summed E-state index contributed by atoms with van der Waals surface area (Å²) in [5.74, 6) is -5.63. The van der Waals surface area contributed by atoms with Gasteiger partial charge in [-0.15, -0.1) is 0 Å². The van der Waals surface area contributed by atoms with Gasteiger partial charge in [0.05, 0.1) is 12.0 Å². The highest BCUT2D eigenvalue weighted by Gasteiger charge is 2.32. The first kappa shape index (κ1) is 13.4. The zero-order valence-corrected chi connectivity index (χ0v) is 9.37. The van der Waals surface area contributed by atoms with Gasteiger partial charge in [-0.1, -0.05) is 6.07 Å². The van der Waals surface area contributed by atoms with E-state index in [2.05, 4.69) is 4.74 Å². The van der Waals surface area contributed by atoms with Crippen LogP contribution in [0.1, 0.15) is 10.4 Å². The Kier molecular flexibility index (Phi) is 3.66. The average molecular weight is 266 g/mol. The van der Waals surface area contributed by atoms with Crippen molar-refractivity contribution in [1.29, 1.82) is 0 Å². The predicted octanol–water partition coefficient (Wildman–Crippen LogP) is 1.39. The van der Waals surface area contributed by atoms with Gasteiger partial charge in [-0.25, -0.2) is 13.2 Å². The van der Waals surface area contributed by atoms with Crippen LogP contribution in [0, 0.1) is 0 Å². The lowest BCUT2D eigenvalue weighted by molar-refractivity contribution is 0.0688. The number of carbonyl (C=O) groups is 1. The van der Waals surface area contributed by atoms with E-state index >= 15 is 0 Å². The Hall–Kier alpha value is -1.70. The first-order valence-corrected chi connectivity index (χ1v) is 5.79. The van der Waals surface area contributed by atoms with E-state index in [-0.39, 0.29) is 5.75 Å². The highest BCUT2D eigenvalue weighted by molar-refractivity contribution is 7.91. The number of aromatic carboxylic acids is 1. The van der Waals surface area contributed by atoms with Crippen molar-refractivity contribution in [3.05, 3.63) is 23.8 Å². The van der Waals surface area contributed by atoms with E-state index in [1.165, 1.54) is 6.07 Å². The third kappa shape index (κ3) is 2.36. The molecule has 17 heavy (non-hydrogen) atoms. The summed E-state index contributed by atoms with van der Waals surface area (Å²) in [5.41, 5.74) is -0.796. The molecule has 0 heterocycles. The second-order valence-electron chi connectivity index (χ2n) is 2.94. The van der Waals surface area contributed by atoms with Gasteiger partial charge >= 0.3 is 11.7 Å². The summed E-state index contributed by atoms with van der Waals surface area (Å²) in [7, 11) is -3.87. The molecule has 1 N–H and O–H groups in total. The van der Waals surface area contributed by atoms with Gasteiger partial charge in [0, 0.05) is 0 Å². The Bertz CT molecular complexity index is 538. The summed E-state index contributed by atoms with van der Waals surface area (Å²) in [6.45, 7) is 0. The fourth-order valence-electron chi connectivity index (χ4n) is 1.22. The van der Waals surface area contributed by atoms with Crippen LogP contribution in [0.5, 0.6) is 5.75 Å². The number of carboxylic acid groups (broad SMARTS) is 1. The van der Waals surface area contributed by atoms with Crippen molar-refractivity contribution >= 4 is 15.8 Å². The second-order valence-corrected chi connectivity index (χ2v) is 4.83. The first-order valence-electron chi connectivity index (χ1n) is 4.24. The number of rotatable bonds is 4. The molecule has 0 atom stereocenters. The van der Waals surface area contributed by atoms with E-state index in [9.17, 15) is 22.0 Å². The van der Waals surface area contributed by atoms with Crippen LogP contribution in [0.3, 0.4) is 0 Å². The smallest absolute Gasteiger partial charge is 0.341 e. The Morgan fingerprint density at radius 2 is 2.00 bits per heavy atom. The number of methoxy groups -OCH3 is 1. The summed E-state index contributed by atoms with van der Waals surface area (Å²) in [6, 6.07) is 3.10. The number of alkyl halides is 2. The van der Waals surface area contributed by atoms with Crippen molar-refractivity contribution in [1.82, 2.24) is 0 Å². The molecular formula is C9H8F2O5S. The van der Waals surface area contributed by atoms with Gasteiger partial charge in [0.2, 0.25) is 9.84 Å². The van der Waals surface area contributed by atoms with Crippen molar-refractivity contribution in [3.63, 3.8) is 0 Å². The van der Waals surface area contributed by atoms with Crippen LogP contribution < -0.4 is 4.74 Å². The molecule has 1 aromatic rings. The molecule has 0 bridgehead atoms. The third-order valence-corrected chi connectivity index (χ3v) is 3.39. The molecule has 0 fully saturated rings. The molecule has 0 aliphatic carbocycles. The summed E-state index contributed by atoms with van der Waals surface area (Å²) >= 11 is 0. The van der Waals surface area contributed by atoms with Gasteiger partial charge in [0.1, 0.15) is 11.3 Å². The molecule has 0 aliphatic rings. The highest BCUT2D eigenvalue weighted by atomic mass is 32.2. The Balaban J connectivity index is 3.61. The molecule has 0 saturated carbocycles. The van der Waals surface area contributed by atoms with Crippen molar-refractivity contribution in [2.45, 2.75) is 10.7 Å². The summed E-state index contributed by atoms with van der Waals surface area (Å²) < 4.78 is 51.9. The number of hydrogen-bond donors (Lipinski definition) is 1. The minimum absolute atomic E-state index is 0.292. The van der Waals surface area contributed by atoms with Crippen molar-refractivity contribution < 1.29 is 31.8 Å². The fourth-order valence-corrected chi connectivity index (χ4v) is 2.16. The van der Waals surface area contributed by atoms with Crippen molar-refractivity contribution in [3.8, 4) is 5.75 Å². The zero-order valence-electron chi connectivity index (χ0n) is 8.55. The lowest BCUT2D eigenvalue weighted by Crippen LogP contribution is -2.16. The summed E-state index contributed by atoms with van der Waals surface area (Å²) in [6.07, 6.45) is 0. The lowest BCUT2D eigenvalue weighted by Gasteiger charge is -2.10. The van der Waals surface area contributed by atoms with Crippen LogP contribution >= 0.6 is 0 Å². The number of carboxylic acids is 1. The Morgan fingerprint density at radius 1 is 1.41 bits per heavy atom. The molecule has 0 unspecified atom stereocenters. The van der Waals surface area contributed by atoms with E-state index in [0.717, 1.165) is 19.2 Å². The van der Waals surface area contributed by atoms with Gasteiger partial charge in [-0.2, -0.15) is 8.78 Å². The van der Waals surface area contributed by atoms with Crippen LogP contribution in [0.25, 0.3) is 0 Å². The van der Waals surface area contributed by atoms with E-state index in [0.29, 0.717) is 0 Å². The second kappa shape index (κ2) is 4.66. The molecule has 0 aromatic heterocycles. The Morgan fingerprint density at radius 3 is 2.41 bits per heavy atom. The molecule has 0 spiro atoms. The summed E-state index contributed by atoms with van der Waals surface area (Å²) in [4.78, 5) is 9.92. The number of benzene rings is 1. The fraction of sp³-hybridized carbons (Fsp3) is 0.222. The summed E-state index contributed by atoms with van der Waals surface area (Å²) in [5, 5.41) is 8.83. The van der Waals surface area contributed by atoms with Gasteiger partial charge in [-0.05, 0) is 12.1 Å². The molecule has 0 radical (unpaired) electrons. The first-order chi connectivity index (χ1) is 7.82. The molecule has 94 valence electrons. The number of hydrogen-bond acceptors (Lipinski definition) is 4. The van der Waals surface area contributed by atoms with E-state index in [1.807, 2.05) is 0 Å². The zero-order chi connectivity index (χ0) is 13.2. The normalized spacial score (nSPS) is 11.5. The van der Waals surface area contributed by atoms with Crippen LogP contribution in [-0.2, 0) is 9.84 Å². The van der Waals surface area contributed by atoms with Gasteiger partial charge in [0.25, 0.3) is 0 Å². The monoisotopic (exact) mass is 266 g/mol. The standard InChI is InChI=1S/C9H8F2O5S/c1-16-5-3-2-4-6(7(5)8(12)13)17(14,15)9(10)11/h2-4,9H,1H3,(H,12,13). The maximum atomic E-state index is 12.4. The van der Waals surface area contributed by atoms with E-state index in [1.54, 1.807) is 0 Å². The maximum Gasteiger partial charge on any atom is 0.341 e. The molecular weight excluding hydrogens is 258 g/mol. The van der Waals surface area contributed by atoms with Crippen molar-refractivity contribution in [2.24, 2.45) is 0 Å². The van der Waals surface area contributed by atoms with Gasteiger partial charge < -0.3 is 9.84 Å². The lowest BCUT2D eigenvalue weighted by atomic mass is 10.2. The molecule has 0 saturated heterocycles. The molecule has 8 heteroatoms. The van der Waals surface area contributed by atoms with Crippen LogP contribution in [0.15, 0.2) is 23.1 Å². The Labute approximate surface area is 95.6 Å².